The minimum atomic E-state index is -0.845. The average Bonchev–Trinajstić information content (AvgIpc) is 2.65. The molecule has 0 saturated carbocycles. The van der Waals surface area contributed by atoms with E-state index in [-0.39, 0.29) is 24.5 Å². The highest BCUT2D eigenvalue weighted by atomic mass is 16.4. The molecule has 0 aromatic heterocycles. The second-order valence-corrected chi connectivity index (χ2v) is 7.25. The number of carbonyl (C=O) groups is 2. The van der Waals surface area contributed by atoms with Crippen LogP contribution in [0.25, 0.3) is 0 Å². The van der Waals surface area contributed by atoms with Gasteiger partial charge in [0.1, 0.15) is 0 Å². The van der Waals surface area contributed by atoms with Crippen molar-refractivity contribution in [3.05, 3.63) is 71.8 Å². The maximum atomic E-state index is 12.9. The first-order valence-electron chi connectivity index (χ1n) is 9.42. The summed E-state index contributed by atoms with van der Waals surface area (Å²) in [7, 11) is 0. The van der Waals surface area contributed by atoms with Crippen LogP contribution in [0.4, 0.5) is 4.79 Å². The molecular weight excluding hydrogens is 340 g/mol. The smallest absolute Gasteiger partial charge is 0.318 e. The van der Waals surface area contributed by atoms with Gasteiger partial charge in [-0.3, -0.25) is 4.79 Å². The van der Waals surface area contributed by atoms with Crippen molar-refractivity contribution in [2.45, 2.75) is 38.3 Å². The Kier molecular flexibility index (Phi) is 6.12. The van der Waals surface area contributed by atoms with Crippen molar-refractivity contribution < 1.29 is 14.7 Å². The van der Waals surface area contributed by atoms with E-state index in [2.05, 4.69) is 12.2 Å². The molecule has 1 aliphatic rings. The van der Waals surface area contributed by atoms with Crippen LogP contribution < -0.4 is 5.32 Å². The van der Waals surface area contributed by atoms with Crippen LogP contribution in [0.5, 0.6) is 0 Å². The number of rotatable bonds is 7. The molecule has 1 saturated heterocycles. The molecule has 27 heavy (non-hydrogen) atoms. The van der Waals surface area contributed by atoms with Crippen molar-refractivity contribution in [3.8, 4) is 0 Å². The molecule has 3 rings (SSSR count). The third-order valence-electron chi connectivity index (χ3n) is 5.12. The summed E-state index contributed by atoms with van der Waals surface area (Å²) >= 11 is 0. The Morgan fingerprint density at radius 2 is 1.74 bits per heavy atom. The van der Waals surface area contributed by atoms with Crippen LogP contribution in [0.3, 0.4) is 0 Å². The van der Waals surface area contributed by atoms with Crippen LogP contribution in [0.2, 0.25) is 0 Å². The summed E-state index contributed by atoms with van der Waals surface area (Å²) in [5, 5.41) is 12.1. The minimum absolute atomic E-state index is 0.0380. The van der Waals surface area contributed by atoms with Crippen molar-refractivity contribution in [2.75, 3.05) is 6.54 Å². The van der Waals surface area contributed by atoms with Crippen LogP contribution in [-0.4, -0.2) is 34.6 Å². The van der Waals surface area contributed by atoms with Crippen molar-refractivity contribution in [1.82, 2.24) is 10.2 Å². The van der Waals surface area contributed by atoms with Gasteiger partial charge in [0.25, 0.3) is 0 Å². The number of carboxylic acids is 1. The van der Waals surface area contributed by atoms with Crippen LogP contribution in [0.15, 0.2) is 60.7 Å². The average molecular weight is 366 g/mol. The van der Waals surface area contributed by atoms with Crippen LogP contribution in [0, 0.1) is 5.92 Å². The van der Waals surface area contributed by atoms with Gasteiger partial charge in [0.15, 0.2) is 0 Å². The molecule has 1 heterocycles. The summed E-state index contributed by atoms with van der Waals surface area (Å²) in [4.78, 5) is 25.7. The fraction of sp³-hybridized carbons (Fsp3) is 0.364. The molecule has 0 radical (unpaired) electrons. The molecule has 2 amide bonds. The third-order valence-corrected chi connectivity index (χ3v) is 5.12. The van der Waals surface area contributed by atoms with E-state index in [1.165, 1.54) is 0 Å². The molecule has 0 spiro atoms. The second kappa shape index (κ2) is 8.71. The van der Waals surface area contributed by atoms with Gasteiger partial charge in [0.05, 0.1) is 6.04 Å². The number of nitrogens with one attached hydrogen (secondary N) is 1. The zero-order chi connectivity index (χ0) is 19.2. The van der Waals surface area contributed by atoms with E-state index in [9.17, 15) is 9.59 Å². The van der Waals surface area contributed by atoms with E-state index >= 15 is 0 Å². The molecule has 5 nitrogen and oxygen atoms in total. The summed E-state index contributed by atoms with van der Waals surface area (Å²) in [5.41, 5.74) is 2.22. The minimum Gasteiger partial charge on any atom is -0.481 e. The molecule has 3 unspecified atom stereocenters. The zero-order valence-electron chi connectivity index (χ0n) is 15.5. The topological polar surface area (TPSA) is 69.6 Å². The van der Waals surface area contributed by atoms with E-state index in [1.54, 1.807) is 0 Å². The molecule has 1 aliphatic heterocycles. The third kappa shape index (κ3) is 4.88. The highest BCUT2D eigenvalue weighted by Gasteiger charge is 2.40. The van der Waals surface area contributed by atoms with Crippen LogP contribution in [0.1, 0.15) is 36.9 Å². The predicted molar refractivity (Wildman–Crippen MR) is 104 cm³/mol. The van der Waals surface area contributed by atoms with E-state index in [0.717, 1.165) is 11.1 Å². The summed E-state index contributed by atoms with van der Waals surface area (Å²) in [6, 6.07) is 19.6. The molecule has 2 aromatic rings. The Morgan fingerprint density at radius 1 is 1.11 bits per heavy atom. The van der Waals surface area contributed by atoms with Gasteiger partial charge in [-0.15, -0.1) is 0 Å². The number of carboxylic acid groups (broad SMARTS) is 1. The first-order chi connectivity index (χ1) is 13.0. The molecule has 142 valence electrons. The van der Waals surface area contributed by atoms with Crippen LogP contribution >= 0.6 is 0 Å². The van der Waals surface area contributed by atoms with Crippen molar-refractivity contribution >= 4 is 12.0 Å². The Morgan fingerprint density at radius 3 is 2.33 bits per heavy atom. The van der Waals surface area contributed by atoms with Gasteiger partial charge in [-0.2, -0.15) is 0 Å². The van der Waals surface area contributed by atoms with E-state index in [4.69, 9.17) is 5.11 Å². The number of urea groups is 1. The van der Waals surface area contributed by atoms with Crippen molar-refractivity contribution in [2.24, 2.45) is 5.92 Å². The lowest BCUT2D eigenvalue weighted by Crippen LogP contribution is -2.56. The van der Waals surface area contributed by atoms with Crippen molar-refractivity contribution in [3.63, 3.8) is 0 Å². The molecule has 3 atom stereocenters. The van der Waals surface area contributed by atoms with E-state index in [1.807, 2.05) is 65.6 Å². The number of likely N-dealkylation sites (tertiary alicyclic amines) is 1. The first-order valence-corrected chi connectivity index (χ1v) is 9.42. The highest BCUT2D eigenvalue weighted by Crippen LogP contribution is 2.38. The monoisotopic (exact) mass is 366 g/mol. The quantitative estimate of drug-likeness (QED) is 0.782. The highest BCUT2D eigenvalue weighted by molar-refractivity contribution is 5.76. The van der Waals surface area contributed by atoms with Gasteiger partial charge in [-0.1, -0.05) is 67.6 Å². The maximum absolute atomic E-state index is 12.9. The molecule has 2 N–H and O–H groups in total. The fourth-order valence-corrected chi connectivity index (χ4v) is 3.74. The molecule has 0 aliphatic carbocycles. The summed E-state index contributed by atoms with van der Waals surface area (Å²) in [6.45, 7) is 2.86. The predicted octanol–water partition coefficient (Wildman–Crippen LogP) is 3.87. The van der Waals surface area contributed by atoms with Gasteiger partial charge in [0, 0.05) is 19.0 Å². The Balaban J connectivity index is 1.67. The van der Waals surface area contributed by atoms with E-state index < -0.39 is 5.97 Å². The number of amides is 2. The maximum Gasteiger partial charge on any atom is 0.318 e. The molecule has 2 aromatic carbocycles. The standard InChI is InChI=1S/C22H26N2O3/c1-16-15-24(21(16)18-10-6-3-7-11-18)22(27)23-19(12-13-20(25)26)14-17-8-4-2-5-9-17/h2-11,16,19,21H,12-15H2,1H3,(H,23,27)(H,25,26). The fourth-order valence-electron chi connectivity index (χ4n) is 3.74. The SMILES string of the molecule is CC1CN(C(=O)NC(CCC(=O)O)Cc2ccccc2)C1c1ccccc1. The van der Waals surface area contributed by atoms with E-state index in [0.29, 0.717) is 25.3 Å². The summed E-state index contributed by atoms with van der Waals surface area (Å²) in [6.07, 6.45) is 1.07. The number of hydrogen-bond donors (Lipinski definition) is 2. The second-order valence-electron chi connectivity index (χ2n) is 7.25. The van der Waals surface area contributed by atoms with Crippen LogP contribution in [-0.2, 0) is 11.2 Å². The van der Waals surface area contributed by atoms with Gasteiger partial charge >= 0.3 is 12.0 Å². The lowest BCUT2D eigenvalue weighted by atomic mass is 9.85. The number of aliphatic carboxylic acids is 1. The van der Waals surface area contributed by atoms with Gasteiger partial charge in [-0.25, -0.2) is 4.79 Å². The number of hydrogen-bond acceptors (Lipinski definition) is 2. The first kappa shape index (κ1) is 19.0. The molecule has 5 heteroatoms. The number of benzene rings is 2. The lowest BCUT2D eigenvalue weighted by molar-refractivity contribution is -0.137. The van der Waals surface area contributed by atoms with Gasteiger partial charge < -0.3 is 15.3 Å². The molecule has 0 bridgehead atoms. The summed E-state index contributed by atoms with van der Waals surface area (Å²) < 4.78 is 0. The molecule has 1 fully saturated rings. The Labute approximate surface area is 160 Å². The van der Waals surface area contributed by atoms with Crippen molar-refractivity contribution in [1.29, 1.82) is 0 Å². The largest absolute Gasteiger partial charge is 0.481 e. The number of carbonyl (C=O) groups excluding carboxylic acids is 1. The molecular formula is C22H26N2O3. The van der Waals surface area contributed by atoms with Gasteiger partial charge in [0.2, 0.25) is 0 Å². The zero-order valence-corrected chi connectivity index (χ0v) is 15.5. The Bertz CT molecular complexity index is 764. The lowest BCUT2D eigenvalue weighted by Gasteiger charge is -2.47. The normalized spacial score (nSPS) is 19.8. The summed E-state index contributed by atoms with van der Waals surface area (Å²) in [5.74, 6) is -0.438. The van der Waals surface area contributed by atoms with Gasteiger partial charge in [-0.05, 0) is 29.9 Å². The number of nitrogens with zero attached hydrogens (tertiary/aromatic N) is 1. The Hall–Kier alpha value is -2.82.